The number of hydrogen-bond donors (Lipinski definition) is 1. The van der Waals surface area contributed by atoms with E-state index in [0.717, 1.165) is 0 Å². The van der Waals surface area contributed by atoms with E-state index in [2.05, 4.69) is 0 Å². The fourth-order valence-corrected chi connectivity index (χ4v) is 1.47. The van der Waals surface area contributed by atoms with E-state index in [-0.39, 0.29) is 5.02 Å². The van der Waals surface area contributed by atoms with Gasteiger partial charge in [0.1, 0.15) is 5.82 Å². The Morgan fingerprint density at radius 2 is 2.14 bits per heavy atom. The molecule has 1 aromatic carbocycles. The van der Waals surface area contributed by atoms with Crippen molar-refractivity contribution in [2.75, 3.05) is 5.73 Å². The van der Waals surface area contributed by atoms with Crippen molar-refractivity contribution < 1.29 is 8.81 Å². The molecule has 0 aliphatic carbocycles. The fraction of sp³-hybridized carbons (Fsp3) is 0. The largest absolute Gasteiger partial charge is 0.472 e. The summed E-state index contributed by atoms with van der Waals surface area (Å²) in [7, 11) is 0. The van der Waals surface area contributed by atoms with Crippen molar-refractivity contribution in [3.05, 3.63) is 41.6 Å². The molecule has 72 valence electrons. The molecule has 0 unspecified atom stereocenters. The second-order valence-electron chi connectivity index (χ2n) is 2.88. The predicted molar refractivity (Wildman–Crippen MR) is 53.5 cm³/mol. The fourth-order valence-electron chi connectivity index (χ4n) is 1.24. The molecule has 0 amide bonds. The highest BCUT2D eigenvalue weighted by Gasteiger charge is 2.10. The highest BCUT2D eigenvalue weighted by atomic mass is 35.5. The van der Waals surface area contributed by atoms with E-state index in [1.165, 1.54) is 24.7 Å². The van der Waals surface area contributed by atoms with Gasteiger partial charge in [0.25, 0.3) is 0 Å². The van der Waals surface area contributed by atoms with Crippen molar-refractivity contribution in [2.45, 2.75) is 0 Å². The summed E-state index contributed by atoms with van der Waals surface area (Å²) in [5.74, 6) is -0.484. The number of nitrogen functional groups attached to an aromatic ring is 1. The van der Waals surface area contributed by atoms with Crippen molar-refractivity contribution in [3.8, 4) is 11.1 Å². The first-order valence-electron chi connectivity index (χ1n) is 3.95. The number of furan rings is 1. The van der Waals surface area contributed by atoms with Gasteiger partial charge in [-0.05, 0) is 18.2 Å². The minimum atomic E-state index is -0.484. The van der Waals surface area contributed by atoms with E-state index >= 15 is 0 Å². The Hall–Kier alpha value is -1.48. The van der Waals surface area contributed by atoms with Crippen LogP contribution in [-0.2, 0) is 0 Å². The minimum absolute atomic E-state index is 0.0150. The van der Waals surface area contributed by atoms with Crippen molar-refractivity contribution in [1.29, 1.82) is 0 Å². The maximum absolute atomic E-state index is 13.5. The highest BCUT2D eigenvalue weighted by molar-refractivity contribution is 6.31. The normalized spacial score (nSPS) is 10.4. The molecule has 0 atom stereocenters. The molecule has 0 bridgehead atoms. The molecule has 2 rings (SSSR count). The topological polar surface area (TPSA) is 39.2 Å². The Morgan fingerprint density at radius 1 is 1.36 bits per heavy atom. The second kappa shape index (κ2) is 3.35. The van der Waals surface area contributed by atoms with Gasteiger partial charge in [-0.1, -0.05) is 11.6 Å². The van der Waals surface area contributed by atoms with E-state index in [1.54, 1.807) is 6.07 Å². The number of rotatable bonds is 1. The lowest BCUT2D eigenvalue weighted by atomic mass is 10.1. The Balaban J connectivity index is 2.64. The van der Waals surface area contributed by atoms with Crippen LogP contribution in [0.15, 0.2) is 35.1 Å². The van der Waals surface area contributed by atoms with Crippen LogP contribution in [0.25, 0.3) is 11.1 Å². The molecule has 4 heteroatoms. The van der Waals surface area contributed by atoms with Gasteiger partial charge in [0.2, 0.25) is 0 Å². The zero-order valence-corrected chi connectivity index (χ0v) is 7.88. The number of nitrogens with two attached hydrogens (primary N) is 1. The van der Waals surface area contributed by atoms with Gasteiger partial charge in [-0.15, -0.1) is 0 Å². The van der Waals surface area contributed by atoms with Crippen LogP contribution in [0.3, 0.4) is 0 Å². The lowest BCUT2D eigenvalue weighted by Crippen LogP contribution is -1.90. The molecule has 1 heterocycles. The molecule has 2 aromatic rings. The van der Waals surface area contributed by atoms with Crippen molar-refractivity contribution >= 4 is 17.3 Å². The molecule has 0 saturated heterocycles. The van der Waals surface area contributed by atoms with Crippen LogP contribution in [0, 0.1) is 5.82 Å². The van der Waals surface area contributed by atoms with Crippen LogP contribution in [-0.4, -0.2) is 0 Å². The van der Waals surface area contributed by atoms with Crippen LogP contribution in [0.1, 0.15) is 0 Å². The van der Waals surface area contributed by atoms with Gasteiger partial charge in [0.15, 0.2) is 0 Å². The standard InChI is InChI=1S/C10H7ClFNO/c11-9-4-7(13)3-8(10(9)12)6-1-2-14-5-6/h1-5H,13H2. The first-order valence-corrected chi connectivity index (χ1v) is 4.33. The SMILES string of the molecule is Nc1cc(Cl)c(F)c(-c2ccoc2)c1. The zero-order valence-electron chi connectivity index (χ0n) is 7.13. The lowest BCUT2D eigenvalue weighted by molar-refractivity contribution is 0.567. The molecule has 0 radical (unpaired) electrons. The smallest absolute Gasteiger partial charge is 0.149 e. The third kappa shape index (κ3) is 1.46. The summed E-state index contributed by atoms with van der Waals surface area (Å²) in [6, 6.07) is 4.54. The summed E-state index contributed by atoms with van der Waals surface area (Å²) in [6.07, 6.45) is 2.90. The van der Waals surface area contributed by atoms with Crippen molar-refractivity contribution in [1.82, 2.24) is 0 Å². The quantitative estimate of drug-likeness (QED) is 0.735. The number of halogens is 2. The summed E-state index contributed by atoms with van der Waals surface area (Å²) >= 11 is 5.65. The van der Waals surface area contributed by atoms with Gasteiger partial charge in [-0.3, -0.25) is 0 Å². The summed E-state index contributed by atoms with van der Waals surface area (Å²) in [5.41, 5.74) is 6.95. The van der Waals surface area contributed by atoms with E-state index in [9.17, 15) is 4.39 Å². The maximum atomic E-state index is 13.5. The van der Waals surface area contributed by atoms with Crippen molar-refractivity contribution in [3.63, 3.8) is 0 Å². The molecule has 14 heavy (non-hydrogen) atoms. The number of benzene rings is 1. The third-order valence-electron chi connectivity index (χ3n) is 1.88. The Labute approximate surface area is 85.1 Å². The first-order chi connectivity index (χ1) is 6.68. The van der Waals surface area contributed by atoms with Gasteiger partial charge in [-0.2, -0.15) is 0 Å². The van der Waals surface area contributed by atoms with E-state index < -0.39 is 5.82 Å². The van der Waals surface area contributed by atoms with E-state index in [0.29, 0.717) is 16.8 Å². The predicted octanol–water partition coefficient (Wildman–Crippen LogP) is 3.32. The number of hydrogen-bond acceptors (Lipinski definition) is 2. The third-order valence-corrected chi connectivity index (χ3v) is 2.16. The Bertz CT molecular complexity index is 453. The summed E-state index contributed by atoms with van der Waals surface area (Å²) in [6.45, 7) is 0. The van der Waals surface area contributed by atoms with Crippen LogP contribution < -0.4 is 5.73 Å². The van der Waals surface area contributed by atoms with Crippen LogP contribution >= 0.6 is 11.6 Å². The summed E-state index contributed by atoms with van der Waals surface area (Å²) in [5, 5.41) is 0.0150. The van der Waals surface area contributed by atoms with Gasteiger partial charge < -0.3 is 10.2 Å². The Morgan fingerprint density at radius 3 is 2.79 bits per heavy atom. The summed E-state index contributed by atoms with van der Waals surface area (Å²) in [4.78, 5) is 0. The Kier molecular flexibility index (Phi) is 2.17. The average molecular weight is 212 g/mol. The zero-order chi connectivity index (χ0) is 10.1. The molecule has 0 aliphatic heterocycles. The molecular formula is C10H7ClFNO. The van der Waals surface area contributed by atoms with Crippen molar-refractivity contribution in [2.24, 2.45) is 0 Å². The average Bonchev–Trinajstić information content (AvgIpc) is 2.63. The van der Waals surface area contributed by atoms with Crippen LogP contribution in [0.2, 0.25) is 5.02 Å². The molecule has 1 aromatic heterocycles. The molecule has 2 N–H and O–H groups in total. The number of anilines is 1. The van der Waals surface area contributed by atoms with Crippen LogP contribution in [0.4, 0.5) is 10.1 Å². The monoisotopic (exact) mass is 211 g/mol. The molecular weight excluding hydrogens is 205 g/mol. The second-order valence-corrected chi connectivity index (χ2v) is 3.28. The van der Waals surface area contributed by atoms with Gasteiger partial charge >= 0.3 is 0 Å². The van der Waals surface area contributed by atoms with Gasteiger partial charge in [0.05, 0.1) is 17.5 Å². The molecule has 0 spiro atoms. The van der Waals surface area contributed by atoms with Crippen LogP contribution in [0.5, 0.6) is 0 Å². The highest BCUT2D eigenvalue weighted by Crippen LogP contribution is 2.30. The first kappa shape index (κ1) is 9.09. The van der Waals surface area contributed by atoms with E-state index in [4.69, 9.17) is 21.8 Å². The summed E-state index contributed by atoms with van der Waals surface area (Å²) < 4.78 is 18.4. The van der Waals surface area contributed by atoms with Gasteiger partial charge in [-0.25, -0.2) is 4.39 Å². The van der Waals surface area contributed by atoms with Gasteiger partial charge in [0, 0.05) is 16.8 Å². The maximum Gasteiger partial charge on any atom is 0.149 e. The van der Waals surface area contributed by atoms with E-state index in [1.807, 2.05) is 0 Å². The minimum Gasteiger partial charge on any atom is -0.472 e. The molecule has 2 nitrogen and oxygen atoms in total. The molecule has 0 saturated carbocycles. The molecule has 0 fully saturated rings. The lowest BCUT2D eigenvalue weighted by Gasteiger charge is -2.03. The molecule has 0 aliphatic rings.